The van der Waals surface area contributed by atoms with Crippen molar-refractivity contribution in [2.75, 3.05) is 25.3 Å². The number of likely N-dealkylation sites (tertiary alicyclic amines) is 1. The Bertz CT molecular complexity index is 854. The molecule has 1 fully saturated rings. The summed E-state index contributed by atoms with van der Waals surface area (Å²) in [6.07, 6.45) is 7.23. The number of nitrogens with zero attached hydrogens (tertiary/aromatic N) is 5. The zero-order chi connectivity index (χ0) is 20.6. The lowest BCUT2D eigenvalue weighted by molar-refractivity contribution is -0.128. The molecule has 1 aliphatic rings. The standard InChI is InChI=1S/C21H25N5O3/c1-16(19-8-3-5-11-22-19)26(17-9-10-20(29-2)23-13-17)24-14-21(28)25-12-6-4-7-18(25)15-27/h3,5,8-11,13-14,18,27H,1,4,6-7,12,15H2,2H3/b24-14+. The van der Waals surface area contributed by atoms with Crippen molar-refractivity contribution in [3.05, 3.63) is 55.0 Å². The number of anilines is 1. The molecule has 0 aliphatic carbocycles. The van der Waals surface area contributed by atoms with Crippen molar-refractivity contribution >= 4 is 23.5 Å². The molecule has 1 unspecified atom stereocenters. The predicted molar refractivity (Wildman–Crippen MR) is 111 cm³/mol. The number of rotatable bonds is 7. The molecule has 2 aromatic heterocycles. The minimum absolute atomic E-state index is 0.0493. The Labute approximate surface area is 170 Å². The minimum Gasteiger partial charge on any atom is -0.481 e. The highest BCUT2D eigenvalue weighted by Crippen LogP contribution is 2.25. The summed E-state index contributed by atoms with van der Waals surface area (Å²) in [6.45, 7) is 4.65. The van der Waals surface area contributed by atoms with Crippen LogP contribution in [0.1, 0.15) is 25.0 Å². The van der Waals surface area contributed by atoms with E-state index in [0.29, 0.717) is 29.5 Å². The molecule has 1 N–H and O–H groups in total. The Kier molecular flexibility index (Phi) is 6.91. The third kappa shape index (κ3) is 4.97. The largest absolute Gasteiger partial charge is 0.481 e. The number of hydrogen-bond donors (Lipinski definition) is 1. The molecule has 8 nitrogen and oxygen atoms in total. The van der Waals surface area contributed by atoms with Crippen molar-refractivity contribution in [3.8, 4) is 5.88 Å². The number of aliphatic hydroxyl groups excluding tert-OH is 1. The molecule has 1 atom stereocenters. The van der Waals surface area contributed by atoms with Gasteiger partial charge in [0.25, 0.3) is 5.91 Å². The van der Waals surface area contributed by atoms with E-state index < -0.39 is 0 Å². The summed E-state index contributed by atoms with van der Waals surface area (Å²) in [7, 11) is 1.54. The molecule has 0 saturated carbocycles. The van der Waals surface area contributed by atoms with E-state index in [1.54, 1.807) is 36.5 Å². The highest BCUT2D eigenvalue weighted by molar-refractivity contribution is 6.26. The van der Waals surface area contributed by atoms with Crippen molar-refractivity contribution < 1.29 is 14.6 Å². The number of aromatic nitrogens is 2. The molecule has 29 heavy (non-hydrogen) atoms. The average molecular weight is 395 g/mol. The Morgan fingerprint density at radius 1 is 1.38 bits per heavy atom. The van der Waals surface area contributed by atoms with Gasteiger partial charge in [0.05, 0.1) is 43.0 Å². The van der Waals surface area contributed by atoms with Gasteiger partial charge in [0.1, 0.15) is 6.21 Å². The van der Waals surface area contributed by atoms with Crippen LogP contribution in [0.25, 0.3) is 5.70 Å². The first-order valence-electron chi connectivity index (χ1n) is 9.50. The predicted octanol–water partition coefficient (Wildman–Crippen LogP) is 2.32. The molecule has 3 heterocycles. The van der Waals surface area contributed by atoms with Crippen molar-refractivity contribution in [2.45, 2.75) is 25.3 Å². The maximum Gasteiger partial charge on any atom is 0.267 e. The quantitative estimate of drug-likeness (QED) is 0.571. The van der Waals surface area contributed by atoms with Gasteiger partial charge in [-0.15, -0.1) is 0 Å². The highest BCUT2D eigenvalue weighted by atomic mass is 16.5. The van der Waals surface area contributed by atoms with Crippen LogP contribution in [-0.4, -0.2) is 58.4 Å². The second kappa shape index (κ2) is 9.79. The third-order valence-electron chi connectivity index (χ3n) is 4.80. The molecular weight excluding hydrogens is 370 g/mol. The molecule has 0 spiro atoms. The maximum absolute atomic E-state index is 12.7. The SMILES string of the molecule is C=C(c1ccccn1)N(/N=C/C(=O)N1CCCCC1CO)c1ccc(OC)nc1. The van der Waals surface area contributed by atoms with E-state index >= 15 is 0 Å². The van der Waals surface area contributed by atoms with Crippen molar-refractivity contribution in [2.24, 2.45) is 5.10 Å². The van der Waals surface area contributed by atoms with Gasteiger partial charge in [0.2, 0.25) is 5.88 Å². The van der Waals surface area contributed by atoms with Crippen LogP contribution in [0.15, 0.2) is 54.4 Å². The van der Waals surface area contributed by atoms with Crippen LogP contribution >= 0.6 is 0 Å². The molecular formula is C21H25N5O3. The normalized spacial score (nSPS) is 16.6. The Balaban J connectivity index is 1.86. The molecule has 2 aromatic rings. The lowest BCUT2D eigenvalue weighted by Crippen LogP contribution is -2.46. The van der Waals surface area contributed by atoms with Crippen molar-refractivity contribution in [1.29, 1.82) is 0 Å². The second-order valence-corrected chi connectivity index (χ2v) is 6.64. The first-order chi connectivity index (χ1) is 14.1. The monoisotopic (exact) mass is 395 g/mol. The summed E-state index contributed by atoms with van der Waals surface area (Å²) < 4.78 is 5.11. The summed E-state index contributed by atoms with van der Waals surface area (Å²) in [6, 6.07) is 8.80. The number of aliphatic hydroxyl groups is 1. The molecule has 0 radical (unpaired) electrons. The molecule has 152 valence electrons. The average Bonchev–Trinajstić information content (AvgIpc) is 2.79. The molecule has 0 aromatic carbocycles. The lowest BCUT2D eigenvalue weighted by Gasteiger charge is -2.33. The first kappa shape index (κ1) is 20.5. The van der Waals surface area contributed by atoms with Gasteiger partial charge in [-0.1, -0.05) is 12.6 Å². The van der Waals surface area contributed by atoms with E-state index in [0.717, 1.165) is 19.3 Å². The van der Waals surface area contributed by atoms with Crippen LogP contribution in [0.5, 0.6) is 5.88 Å². The Hall–Kier alpha value is -3.26. The Morgan fingerprint density at radius 3 is 2.90 bits per heavy atom. The topological polar surface area (TPSA) is 91.2 Å². The summed E-state index contributed by atoms with van der Waals surface area (Å²) in [5.41, 5.74) is 1.74. The van der Waals surface area contributed by atoms with Crippen LogP contribution in [0, 0.1) is 0 Å². The van der Waals surface area contributed by atoms with E-state index in [1.165, 1.54) is 11.2 Å². The summed E-state index contributed by atoms with van der Waals surface area (Å²) in [5.74, 6) is 0.223. The third-order valence-corrected chi connectivity index (χ3v) is 4.80. The van der Waals surface area contributed by atoms with Crippen molar-refractivity contribution in [3.63, 3.8) is 0 Å². The zero-order valence-corrected chi connectivity index (χ0v) is 16.4. The molecule has 1 saturated heterocycles. The summed E-state index contributed by atoms with van der Waals surface area (Å²) in [5, 5.41) is 15.5. The number of ether oxygens (including phenoxy) is 1. The maximum atomic E-state index is 12.7. The van der Waals surface area contributed by atoms with Gasteiger partial charge in [-0.25, -0.2) is 9.99 Å². The number of hydrazone groups is 1. The summed E-state index contributed by atoms with van der Waals surface area (Å²) >= 11 is 0. The number of amides is 1. The van der Waals surface area contributed by atoms with Crippen LogP contribution in [0.4, 0.5) is 5.69 Å². The smallest absolute Gasteiger partial charge is 0.267 e. The number of carbonyl (C=O) groups excluding carboxylic acids is 1. The van der Waals surface area contributed by atoms with Gasteiger partial charge in [0, 0.05) is 18.8 Å². The van der Waals surface area contributed by atoms with E-state index in [9.17, 15) is 9.90 Å². The number of hydrogen-bond acceptors (Lipinski definition) is 7. The van der Waals surface area contributed by atoms with Crippen LogP contribution in [0.3, 0.4) is 0 Å². The highest BCUT2D eigenvalue weighted by Gasteiger charge is 2.25. The van der Waals surface area contributed by atoms with Crippen LogP contribution in [-0.2, 0) is 4.79 Å². The fourth-order valence-corrected chi connectivity index (χ4v) is 3.21. The van der Waals surface area contributed by atoms with Gasteiger partial charge in [-0.05, 0) is 37.5 Å². The van der Waals surface area contributed by atoms with Crippen LogP contribution < -0.4 is 9.75 Å². The molecule has 3 rings (SSSR count). The fraction of sp³-hybridized carbons (Fsp3) is 0.333. The fourth-order valence-electron chi connectivity index (χ4n) is 3.21. The number of carbonyl (C=O) groups is 1. The van der Waals surface area contributed by atoms with Gasteiger partial charge < -0.3 is 14.7 Å². The van der Waals surface area contributed by atoms with Gasteiger partial charge in [0.15, 0.2) is 0 Å². The van der Waals surface area contributed by atoms with E-state index in [1.807, 2.05) is 18.2 Å². The molecule has 1 aliphatic heterocycles. The first-order valence-corrected chi connectivity index (χ1v) is 9.50. The Morgan fingerprint density at radius 2 is 2.24 bits per heavy atom. The second-order valence-electron chi connectivity index (χ2n) is 6.64. The van der Waals surface area contributed by atoms with Gasteiger partial charge >= 0.3 is 0 Å². The number of pyridine rings is 2. The zero-order valence-electron chi connectivity index (χ0n) is 16.4. The molecule has 1 amide bonds. The van der Waals surface area contributed by atoms with Crippen molar-refractivity contribution in [1.82, 2.24) is 14.9 Å². The van der Waals surface area contributed by atoms with E-state index in [4.69, 9.17) is 4.74 Å². The van der Waals surface area contributed by atoms with E-state index in [2.05, 4.69) is 21.6 Å². The van der Waals surface area contributed by atoms with Gasteiger partial charge in [-0.3, -0.25) is 9.78 Å². The van der Waals surface area contributed by atoms with E-state index in [-0.39, 0.29) is 18.6 Å². The van der Waals surface area contributed by atoms with Gasteiger partial charge in [-0.2, -0.15) is 5.10 Å². The number of piperidine rings is 1. The minimum atomic E-state index is -0.246. The molecule has 0 bridgehead atoms. The van der Waals surface area contributed by atoms with Crippen LogP contribution in [0.2, 0.25) is 0 Å². The summed E-state index contributed by atoms with van der Waals surface area (Å²) in [4.78, 5) is 22.9. The molecule has 8 heteroatoms. The number of methoxy groups -OCH3 is 1. The lowest BCUT2D eigenvalue weighted by atomic mass is 10.0.